The van der Waals surface area contributed by atoms with Gasteiger partial charge in [0.05, 0.1) is 25.5 Å². The van der Waals surface area contributed by atoms with Gasteiger partial charge in [-0.25, -0.2) is 0 Å². The summed E-state index contributed by atoms with van der Waals surface area (Å²) in [5.41, 5.74) is 2.59. The number of amides is 1. The third kappa shape index (κ3) is 9.70. The van der Waals surface area contributed by atoms with Gasteiger partial charge >= 0.3 is 5.97 Å². The summed E-state index contributed by atoms with van der Waals surface area (Å²) in [7, 11) is 3.11. The fraction of sp³-hybridized carbons (Fsp3) is 0.593. The van der Waals surface area contributed by atoms with Crippen molar-refractivity contribution in [2.45, 2.75) is 58.8 Å². The lowest BCUT2D eigenvalue weighted by Gasteiger charge is -2.10. The van der Waals surface area contributed by atoms with Gasteiger partial charge in [-0.15, -0.1) is 0 Å². The van der Waals surface area contributed by atoms with Crippen molar-refractivity contribution in [3.05, 3.63) is 40.2 Å². The first-order valence-electron chi connectivity index (χ1n) is 12.9. The molecule has 0 fully saturated rings. The van der Waals surface area contributed by atoms with E-state index in [0.717, 1.165) is 31.4 Å². The Bertz CT molecular complexity index is 964. The Labute approximate surface area is 218 Å². The van der Waals surface area contributed by atoms with Crippen molar-refractivity contribution < 1.29 is 38.1 Å². The zero-order chi connectivity index (χ0) is 27.0. The number of aromatic nitrogens is 1. The standard InChI is InChI=1S/C27H40N2O8/c1-5-10-23(30)20-17-19(28-21(20)11-8-7-9-12-24(31)35-6-2)18-22-25(36-15-13-33-3)26(27(32)29-22)37-16-14-34-4/h17-18,28H,5-16H2,1-4H3,(H,29,32). The number of hydrogen-bond acceptors (Lipinski definition) is 8. The minimum absolute atomic E-state index is 0.0658. The van der Waals surface area contributed by atoms with Crippen molar-refractivity contribution in [3.63, 3.8) is 0 Å². The minimum Gasteiger partial charge on any atom is -0.485 e. The van der Waals surface area contributed by atoms with Gasteiger partial charge in [-0.1, -0.05) is 13.3 Å². The molecular weight excluding hydrogens is 480 g/mol. The van der Waals surface area contributed by atoms with Crippen molar-refractivity contribution in [3.8, 4) is 0 Å². The number of ketones is 1. The maximum Gasteiger partial charge on any atom is 0.305 e. The van der Waals surface area contributed by atoms with Gasteiger partial charge in [0, 0.05) is 44.0 Å². The maximum absolute atomic E-state index is 12.8. The molecule has 0 unspecified atom stereocenters. The van der Waals surface area contributed by atoms with Gasteiger partial charge in [-0.2, -0.15) is 0 Å². The number of nitrogens with one attached hydrogen (secondary N) is 2. The second-order valence-corrected chi connectivity index (χ2v) is 8.51. The highest BCUT2D eigenvalue weighted by molar-refractivity contribution is 6.00. The molecule has 0 radical (unpaired) electrons. The van der Waals surface area contributed by atoms with Crippen LogP contribution >= 0.6 is 0 Å². The van der Waals surface area contributed by atoms with Gasteiger partial charge in [0.25, 0.3) is 5.91 Å². The maximum atomic E-state index is 12.8. The van der Waals surface area contributed by atoms with Gasteiger partial charge in [0.2, 0.25) is 5.76 Å². The Kier molecular flexibility index (Phi) is 13.5. The number of carbonyl (C=O) groups is 3. The fourth-order valence-corrected chi connectivity index (χ4v) is 3.83. The van der Waals surface area contributed by atoms with Crippen LogP contribution in [0.3, 0.4) is 0 Å². The molecule has 0 aromatic carbocycles. The van der Waals surface area contributed by atoms with E-state index < -0.39 is 5.91 Å². The summed E-state index contributed by atoms with van der Waals surface area (Å²) in [6.45, 7) is 5.24. The Morgan fingerprint density at radius 2 is 1.62 bits per heavy atom. The van der Waals surface area contributed by atoms with Gasteiger partial charge in [-0.05, 0) is 44.7 Å². The topological polar surface area (TPSA) is 125 Å². The van der Waals surface area contributed by atoms with E-state index in [2.05, 4.69) is 10.3 Å². The highest BCUT2D eigenvalue weighted by Gasteiger charge is 2.31. The van der Waals surface area contributed by atoms with E-state index >= 15 is 0 Å². The van der Waals surface area contributed by atoms with Gasteiger partial charge in [-0.3, -0.25) is 14.4 Å². The number of aromatic amines is 1. The van der Waals surface area contributed by atoms with Crippen molar-refractivity contribution in [2.75, 3.05) is 47.3 Å². The molecule has 206 valence electrons. The lowest BCUT2D eigenvalue weighted by atomic mass is 10.0. The van der Waals surface area contributed by atoms with Crippen molar-refractivity contribution >= 4 is 23.7 Å². The zero-order valence-corrected chi connectivity index (χ0v) is 22.4. The number of unbranched alkanes of at least 4 members (excludes halogenated alkanes) is 2. The molecule has 10 nitrogen and oxygen atoms in total. The number of esters is 1. The Balaban J connectivity index is 2.22. The number of methoxy groups -OCH3 is 2. The van der Waals surface area contributed by atoms with Crippen LogP contribution in [-0.2, 0) is 39.7 Å². The Hall–Kier alpha value is -3.11. The molecule has 1 aromatic heterocycles. The lowest BCUT2D eigenvalue weighted by molar-refractivity contribution is -0.143. The summed E-state index contributed by atoms with van der Waals surface area (Å²) < 4.78 is 26.5. The minimum atomic E-state index is -0.412. The first-order chi connectivity index (χ1) is 17.9. The molecule has 0 atom stereocenters. The third-order valence-electron chi connectivity index (χ3n) is 5.58. The SMILES string of the molecule is CCCC(=O)c1cc(C=C2NC(=O)C(OCCOC)=C2OCCOC)[nH]c1CCCCCC(=O)OCC. The summed E-state index contributed by atoms with van der Waals surface area (Å²) in [6.07, 6.45) is 6.39. The molecular formula is C27H40N2O8. The summed E-state index contributed by atoms with van der Waals surface area (Å²) in [4.78, 5) is 40.3. The highest BCUT2D eigenvalue weighted by atomic mass is 16.6. The van der Waals surface area contributed by atoms with Crippen LogP contribution in [0.4, 0.5) is 0 Å². The van der Waals surface area contributed by atoms with E-state index in [-0.39, 0.29) is 36.5 Å². The molecule has 0 spiro atoms. The Morgan fingerprint density at radius 3 is 2.27 bits per heavy atom. The van der Waals surface area contributed by atoms with E-state index in [4.69, 9.17) is 23.7 Å². The molecule has 2 heterocycles. The molecule has 1 aliphatic rings. The van der Waals surface area contributed by atoms with Gasteiger partial charge in [0.1, 0.15) is 13.2 Å². The highest BCUT2D eigenvalue weighted by Crippen LogP contribution is 2.26. The van der Waals surface area contributed by atoms with Gasteiger partial charge < -0.3 is 34.0 Å². The quantitative estimate of drug-likeness (QED) is 0.161. The predicted octanol–water partition coefficient (Wildman–Crippen LogP) is 3.67. The molecule has 1 aromatic rings. The van der Waals surface area contributed by atoms with Crippen LogP contribution in [0.25, 0.3) is 6.08 Å². The second kappa shape index (κ2) is 16.6. The van der Waals surface area contributed by atoms with E-state index in [9.17, 15) is 14.4 Å². The van der Waals surface area contributed by atoms with Crippen LogP contribution in [0.15, 0.2) is 23.3 Å². The monoisotopic (exact) mass is 520 g/mol. The molecule has 1 amide bonds. The van der Waals surface area contributed by atoms with Crippen LogP contribution in [-0.4, -0.2) is 69.9 Å². The molecule has 0 aliphatic carbocycles. The van der Waals surface area contributed by atoms with E-state index in [1.807, 2.05) is 13.0 Å². The average molecular weight is 521 g/mol. The summed E-state index contributed by atoms with van der Waals surface area (Å²) in [5, 5.41) is 2.79. The molecule has 1 aliphatic heterocycles. The largest absolute Gasteiger partial charge is 0.485 e. The molecule has 10 heteroatoms. The van der Waals surface area contributed by atoms with Crippen LogP contribution in [0, 0.1) is 0 Å². The van der Waals surface area contributed by atoms with Crippen LogP contribution in [0.2, 0.25) is 0 Å². The Morgan fingerprint density at radius 1 is 0.919 bits per heavy atom. The summed E-state index contributed by atoms with van der Waals surface area (Å²) in [5.74, 6) is -0.165. The zero-order valence-electron chi connectivity index (χ0n) is 22.4. The van der Waals surface area contributed by atoms with Crippen molar-refractivity contribution in [1.82, 2.24) is 10.3 Å². The summed E-state index contributed by atoms with van der Waals surface area (Å²) >= 11 is 0. The number of Topliss-reactive ketones (excluding diaryl/α,β-unsaturated/α-hetero) is 1. The number of H-pyrrole nitrogens is 1. The van der Waals surface area contributed by atoms with Crippen molar-refractivity contribution in [2.24, 2.45) is 0 Å². The number of hydrogen-bond donors (Lipinski definition) is 2. The molecule has 2 rings (SSSR count). The molecule has 0 saturated heterocycles. The number of carbonyl (C=O) groups excluding carboxylic acids is 3. The smallest absolute Gasteiger partial charge is 0.305 e. The van der Waals surface area contributed by atoms with Crippen LogP contribution in [0.1, 0.15) is 74.1 Å². The predicted molar refractivity (Wildman–Crippen MR) is 138 cm³/mol. The fourth-order valence-electron chi connectivity index (χ4n) is 3.83. The number of aryl methyl sites for hydroxylation is 1. The first kappa shape index (κ1) is 30.1. The summed E-state index contributed by atoms with van der Waals surface area (Å²) in [6, 6.07) is 1.81. The molecule has 0 saturated carbocycles. The third-order valence-corrected chi connectivity index (χ3v) is 5.58. The van der Waals surface area contributed by atoms with E-state index in [0.29, 0.717) is 56.0 Å². The average Bonchev–Trinajstić information content (AvgIpc) is 3.40. The molecule has 2 N–H and O–H groups in total. The number of ether oxygens (including phenoxy) is 5. The van der Waals surface area contributed by atoms with Gasteiger partial charge in [0.15, 0.2) is 11.5 Å². The first-order valence-corrected chi connectivity index (χ1v) is 12.9. The van der Waals surface area contributed by atoms with Crippen LogP contribution in [0.5, 0.6) is 0 Å². The van der Waals surface area contributed by atoms with E-state index in [1.54, 1.807) is 27.2 Å². The van der Waals surface area contributed by atoms with Crippen molar-refractivity contribution in [1.29, 1.82) is 0 Å². The number of rotatable bonds is 19. The lowest BCUT2D eigenvalue weighted by Crippen LogP contribution is -2.18. The van der Waals surface area contributed by atoms with E-state index in [1.165, 1.54) is 0 Å². The van der Waals surface area contributed by atoms with Crippen LogP contribution < -0.4 is 5.32 Å². The normalized spacial score (nSPS) is 14.3. The molecule has 37 heavy (non-hydrogen) atoms. The second-order valence-electron chi connectivity index (χ2n) is 8.51. The molecule has 0 bridgehead atoms.